The van der Waals surface area contributed by atoms with Gasteiger partial charge in [-0.2, -0.15) is 0 Å². The Morgan fingerprint density at radius 3 is 2.67 bits per heavy atom. The van der Waals surface area contributed by atoms with Crippen LogP contribution < -0.4 is 10.6 Å². The van der Waals surface area contributed by atoms with Gasteiger partial charge in [0.15, 0.2) is 5.11 Å². The molecule has 0 saturated heterocycles. The molecule has 0 amide bonds. The van der Waals surface area contributed by atoms with E-state index in [1.807, 2.05) is 25.1 Å². The lowest BCUT2D eigenvalue weighted by Gasteiger charge is -2.14. The predicted octanol–water partition coefficient (Wildman–Crippen LogP) is 3.45. The van der Waals surface area contributed by atoms with E-state index in [0.29, 0.717) is 11.2 Å². The summed E-state index contributed by atoms with van der Waals surface area (Å²) in [5.41, 5.74) is 2.20. The summed E-state index contributed by atoms with van der Waals surface area (Å²) < 4.78 is 1.04. The van der Waals surface area contributed by atoms with Crippen molar-refractivity contribution in [1.29, 1.82) is 0 Å². The smallest absolute Gasteiger partial charge is 0.170 e. The third kappa shape index (κ3) is 4.18. The Morgan fingerprint density at radius 1 is 1.40 bits per heavy atom. The summed E-state index contributed by atoms with van der Waals surface area (Å²) in [7, 11) is 0. The Morgan fingerprint density at radius 2 is 2.07 bits per heavy atom. The van der Waals surface area contributed by atoms with Crippen LogP contribution in [0.3, 0.4) is 0 Å². The molecule has 15 heavy (non-hydrogen) atoms. The normalized spacial score (nSPS) is 10.2. The van der Waals surface area contributed by atoms with Crippen molar-refractivity contribution in [3.05, 3.63) is 28.2 Å². The van der Waals surface area contributed by atoms with Crippen molar-refractivity contribution in [3.8, 4) is 0 Å². The molecule has 1 rings (SSSR count). The summed E-state index contributed by atoms with van der Waals surface area (Å²) in [6.07, 6.45) is 0. The second-order valence-electron chi connectivity index (χ2n) is 3.71. The van der Waals surface area contributed by atoms with E-state index in [0.717, 1.165) is 10.2 Å². The van der Waals surface area contributed by atoms with Crippen LogP contribution in [0, 0.1) is 6.92 Å². The second kappa shape index (κ2) is 5.47. The minimum absolute atomic E-state index is 0.345. The zero-order valence-electron chi connectivity index (χ0n) is 9.10. The summed E-state index contributed by atoms with van der Waals surface area (Å²) in [5.74, 6) is 0. The molecule has 2 N–H and O–H groups in total. The lowest BCUT2D eigenvalue weighted by atomic mass is 10.2. The van der Waals surface area contributed by atoms with Crippen LogP contribution in [-0.2, 0) is 0 Å². The predicted molar refractivity (Wildman–Crippen MR) is 73.4 cm³/mol. The molecule has 0 aliphatic carbocycles. The average molecular weight is 287 g/mol. The van der Waals surface area contributed by atoms with Crippen molar-refractivity contribution in [3.63, 3.8) is 0 Å². The molecule has 1 aromatic carbocycles. The summed E-state index contributed by atoms with van der Waals surface area (Å²) in [4.78, 5) is 0. The maximum Gasteiger partial charge on any atom is 0.170 e. The summed E-state index contributed by atoms with van der Waals surface area (Å²) in [6, 6.07) is 6.42. The highest BCUT2D eigenvalue weighted by atomic mass is 79.9. The van der Waals surface area contributed by atoms with E-state index >= 15 is 0 Å². The largest absolute Gasteiger partial charge is 0.360 e. The maximum absolute atomic E-state index is 5.18. The Balaban J connectivity index is 2.71. The van der Waals surface area contributed by atoms with Gasteiger partial charge in [0.1, 0.15) is 0 Å². The molecule has 0 aromatic heterocycles. The van der Waals surface area contributed by atoms with Crippen LogP contribution in [0.2, 0.25) is 0 Å². The van der Waals surface area contributed by atoms with Crippen molar-refractivity contribution in [1.82, 2.24) is 5.32 Å². The molecule has 0 unspecified atom stereocenters. The summed E-state index contributed by atoms with van der Waals surface area (Å²) in [5, 5.41) is 6.97. The number of halogens is 1. The molecule has 0 saturated carbocycles. The standard InChI is InChI=1S/C11H15BrN2S/c1-7(2)13-11(15)14-10-6-9(12)5-4-8(10)3/h4-7H,1-3H3,(H2,13,14,15). The minimum atomic E-state index is 0.345. The number of benzene rings is 1. The SMILES string of the molecule is Cc1ccc(Br)cc1NC(=S)NC(C)C. The van der Waals surface area contributed by atoms with Crippen molar-refractivity contribution in [2.75, 3.05) is 5.32 Å². The van der Waals surface area contributed by atoms with E-state index in [2.05, 4.69) is 40.4 Å². The molecule has 0 aliphatic heterocycles. The number of hydrogen-bond donors (Lipinski definition) is 2. The van der Waals surface area contributed by atoms with Gasteiger partial charge < -0.3 is 10.6 Å². The van der Waals surface area contributed by atoms with Gasteiger partial charge in [-0.05, 0) is 50.7 Å². The quantitative estimate of drug-likeness (QED) is 0.815. The van der Waals surface area contributed by atoms with Gasteiger partial charge >= 0.3 is 0 Å². The van der Waals surface area contributed by atoms with Gasteiger partial charge in [0.2, 0.25) is 0 Å². The van der Waals surface area contributed by atoms with Crippen LogP contribution in [0.4, 0.5) is 5.69 Å². The third-order valence-electron chi connectivity index (χ3n) is 1.87. The molecule has 0 aliphatic rings. The molecule has 0 radical (unpaired) electrons. The number of thiocarbonyl (C=S) groups is 1. The zero-order chi connectivity index (χ0) is 11.4. The number of nitrogens with one attached hydrogen (secondary N) is 2. The highest BCUT2D eigenvalue weighted by Crippen LogP contribution is 2.20. The van der Waals surface area contributed by atoms with Gasteiger partial charge in [0, 0.05) is 16.2 Å². The van der Waals surface area contributed by atoms with Gasteiger partial charge in [-0.15, -0.1) is 0 Å². The van der Waals surface area contributed by atoms with E-state index < -0.39 is 0 Å². The van der Waals surface area contributed by atoms with Crippen LogP contribution in [-0.4, -0.2) is 11.2 Å². The monoisotopic (exact) mass is 286 g/mol. The molecule has 0 heterocycles. The molecular weight excluding hydrogens is 272 g/mol. The van der Waals surface area contributed by atoms with Crippen LogP contribution in [0.15, 0.2) is 22.7 Å². The molecular formula is C11H15BrN2S. The Bertz CT molecular complexity index is 364. The van der Waals surface area contributed by atoms with Gasteiger partial charge in [0.25, 0.3) is 0 Å². The second-order valence-corrected chi connectivity index (χ2v) is 5.04. The lowest BCUT2D eigenvalue weighted by Crippen LogP contribution is -2.34. The van der Waals surface area contributed by atoms with Crippen LogP contribution in [0.5, 0.6) is 0 Å². The lowest BCUT2D eigenvalue weighted by molar-refractivity contribution is 0.739. The van der Waals surface area contributed by atoms with Gasteiger partial charge in [-0.25, -0.2) is 0 Å². The maximum atomic E-state index is 5.18. The molecule has 82 valence electrons. The number of anilines is 1. The topological polar surface area (TPSA) is 24.1 Å². The van der Waals surface area contributed by atoms with Crippen molar-refractivity contribution < 1.29 is 0 Å². The number of rotatable bonds is 2. The fourth-order valence-electron chi connectivity index (χ4n) is 1.15. The van der Waals surface area contributed by atoms with Crippen molar-refractivity contribution >= 4 is 38.9 Å². The molecule has 0 atom stereocenters. The Hall–Kier alpha value is -0.610. The Kier molecular flexibility index (Phi) is 4.54. The molecule has 0 bridgehead atoms. The number of aryl methyl sites for hydroxylation is 1. The summed E-state index contributed by atoms with van der Waals surface area (Å²) >= 11 is 8.61. The van der Waals surface area contributed by atoms with Gasteiger partial charge in [-0.1, -0.05) is 22.0 Å². The fourth-order valence-corrected chi connectivity index (χ4v) is 1.86. The van der Waals surface area contributed by atoms with Gasteiger partial charge in [0.05, 0.1) is 0 Å². The Labute approximate surface area is 105 Å². The van der Waals surface area contributed by atoms with E-state index in [4.69, 9.17) is 12.2 Å². The van der Waals surface area contributed by atoms with Crippen LogP contribution >= 0.6 is 28.1 Å². The third-order valence-corrected chi connectivity index (χ3v) is 2.58. The molecule has 0 fully saturated rings. The van der Waals surface area contributed by atoms with Crippen molar-refractivity contribution in [2.24, 2.45) is 0 Å². The van der Waals surface area contributed by atoms with Crippen LogP contribution in [0.25, 0.3) is 0 Å². The van der Waals surface area contributed by atoms with Crippen molar-refractivity contribution in [2.45, 2.75) is 26.8 Å². The molecule has 2 nitrogen and oxygen atoms in total. The minimum Gasteiger partial charge on any atom is -0.360 e. The van der Waals surface area contributed by atoms with E-state index in [1.165, 1.54) is 5.56 Å². The van der Waals surface area contributed by atoms with E-state index in [9.17, 15) is 0 Å². The summed E-state index contributed by atoms with van der Waals surface area (Å²) in [6.45, 7) is 6.16. The molecule has 4 heteroatoms. The number of hydrogen-bond acceptors (Lipinski definition) is 1. The first kappa shape index (κ1) is 12.5. The zero-order valence-corrected chi connectivity index (χ0v) is 11.5. The van der Waals surface area contributed by atoms with E-state index in [-0.39, 0.29) is 0 Å². The average Bonchev–Trinajstić information content (AvgIpc) is 2.10. The van der Waals surface area contributed by atoms with Crippen LogP contribution in [0.1, 0.15) is 19.4 Å². The fraction of sp³-hybridized carbons (Fsp3) is 0.364. The van der Waals surface area contributed by atoms with E-state index in [1.54, 1.807) is 0 Å². The first-order valence-electron chi connectivity index (χ1n) is 4.82. The first-order chi connectivity index (χ1) is 6.99. The highest BCUT2D eigenvalue weighted by molar-refractivity contribution is 9.10. The highest BCUT2D eigenvalue weighted by Gasteiger charge is 2.02. The van der Waals surface area contributed by atoms with Gasteiger partial charge in [-0.3, -0.25) is 0 Å². The first-order valence-corrected chi connectivity index (χ1v) is 6.03. The molecule has 0 spiro atoms. The molecule has 1 aromatic rings.